The van der Waals surface area contributed by atoms with Gasteiger partial charge in [0.25, 0.3) is 5.91 Å². The van der Waals surface area contributed by atoms with Gasteiger partial charge in [-0.1, -0.05) is 86.6 Å². The number of benzene rings is 3. The summed E-state index contributed by atoms with van der Waals surface area (Å²) >= 11 is 0. The lowest BCUT2D eigenvalue weighted by molar-refractivity contribution is -0.124. The number of carbonyl (C=O) groups excluding carboxylic acids is 2. The fraction of sp³-hybridized carbons (Fsp3) is 0.297. The van der Waals surface area contributed by atoms with E-state index in [1.165, 1.54) is 22.8 Å². The molecular formula is C37H42N6O5S. The fourth-order valence-electron chi connectivity index (χ4n) is 5.47. The molecule has 3 atom stereocenters. The number of carbonyl (C=O) groups is 2. The van der Waals surface area contributed by atoms with Gasteiger partial charge in [0.15, 0.2) is 0 Å². The summed E-state index contributed by atoms with van der Waals surface area (Å²) < 4.78 is 28.8. The quantitative estimate of drug-likeness (QED) is 0.122. The van der Waals surface area contributed by atoms with E-state index >= 15 is 0 Å². The number of pyridine rings is 1. The van der Waals surface area contributed by atoms with Crippen molar-refractivity contribution in [2.45, 2.75) is 56.2 Å². The summed E-state index contributed by atoms with van der Waals surface area (Å²) in [5.74, 6) is -0.878. The average Bonchev–Trinajstić information content (AvgIpc) is 3.63. The highest BCUT2D eigenvalue weighted by Gasteiger charge is 2.33. The van der Waals surface area contributed by atoms with Crippen molar-refractivity contribution in [2.75, 3.05) is 13.1 Å². The van der Waals surface area contributed by atoms with E-state index in [1.54, 1.807) is 42.6 Å². The van der Waals surface area contributed by atoms with E-state index in [0.717, 1.165) is 10.9 Å². The maximum absolute atomic E-state index is 14.0. The number of aromatic amines is 1. The summed E-state index contributed by atoms with van der Waals surface area (Å²) in [7, 11) is -3.95. The van der Waals surface area contributed by atoms with E-state index in [1.807, 2.05) is 62.4 Å². The predicted octanol–water partition coefficient (Wildman–Crippen LogP) is 4.12. The summed E-state index contributed by atoms with van der Waals surface area (Å²) in [6.45, 7) is 3.95. The Kier molecular flexibility index (Phi) is 11.9. The summed E-state index contributed by atoms with van der Waals surface area (Å²) in [6, 6.07) is 26.3. The van der Waals surface area contributed by atoms with Gasteiger partial charge in [0.05, 0.1) is 28.9 Å². The number of aromatic nitrogens is 3. The number of amides is 2. The molecule has 2 heterocycles. The highest BCUT2D eigenvalue weighted by atomic mass is 32.2. The molecule has 5 aromatic rings. The molecule has 3 aromatic carbocycles. The number of para-hydroxylation sites is 1. The van der Waals surface area contributed by atoms with Crippen LogP contribution in [0.25, 0.3) is 10.9 Å². The normalized spacial score (nSPS) is 13.7. The molecule has 2 amide bonds. The molecule has 0 aliphatic heterocycles. The van der Waals surface area contributed by atoms with Crippen molar-refractivity contribution in [2.24, 2.45) is 5.92 Å². The second-order valence-electron chi connectivity index (χ2n) is 12.4. The summed E-state index contributed by atoms with van der Waals surface area (Å²) in [4.78, 5) is 39.1. The Labute approximate surface area is 286 Å². The highest BCUT2D eigenvalue weighted by molar-refractivity contribution is 7.89. The van der Waals surface area contributed by atoms with Crippen LogP contribution in [0.1, 0.15) is 42.0 Å². The molecule has 4 N–H and O–H groups in total. The number of rotatable bonds is 16. The molecule has 0 spiro atoms. The number of nitrogens with one attached hydrogen (secondary N) is 3. The molecule has 0 radical (unpaired) electrons. The predicted molar refractivity (Wildman–Crippen MR) is 188 cm³/mol. The maximum atomic E-state index is 14.0. The van der Waals surface area contributed by atoms with Crippen molar-refractivity contribution >= 4 is 32.7 Å². The van der Waals surface area contributed by atoms with Crippen molar-refractivity contribution in [3.05, 3.63) is 127 Å². The number of hydrogen-bond acceptors (Lipinski definition) is 7. The van der Waals surface area contributed by atoms with Crippen molar-refractivity contribution in [3.8, 4) is 0 Å². The first-order chi connectivity index (χ1) is 23.6. The number of sulfonamides is 1. The van der Waals surface area contributed by atoms with Gasteiger partial charge in [-0.2, -0.15) is 4.31 Å². The van der Waals surface area contributed by atoms with Crippen LogP contribution < -0.4 is 10.6 Å². The molecule has 2 aromatic heterocycles. The van der Waals surface area contributed by atoms with E-state index in [0.29, 0.717) is 17.6 Å². The highest BCUT2D eigenvalue weighted by Crippen LogP contribution is 2.19. The molecule has 11 nitrogen and oxygen atoms in total. The molecule has 5 rings (SSSR count). The van der Waals surface area contributed by atoms with Crippen molar-refractivity contribution in [1.29, 1.82) is 0 Å². The Morgan fingerprint density at radius 3 is 2.27 bits per heavy atom. The second kappa shape index (κ2) is 16.5. The van der Waals surface area contributed by atoms with E-state index in [2.05, 4.69) is 25.6 Å². The van der Waals surface area contributed by atoms with Crippen molar-refractivity contribution < 1.29 is 23.1 Å². The van der Waals surface area contributed by atoms with Crippen LogP contribution in [-0.2, 0) is 27.7 Å². The molecule has 0 aliphatic rings. The Morgan fingerprint density at radius 1 is 0.878 bits per heavy atom. The average molecular weight is 683 g/mol. The molecule has 0 fully saturated rings. The van der Waals surface area contributed by atoms with Gasteiger partial charge in [0.2, 0.25) is 15.9 Å². The first-order valence-corrected chi connectivity index (χ1v) is 17.8. The largest absolute Gasteiger partial charge is 0.390 e. The molecule has 1 unspecified atom stereocenters. The van der Waals surface area contributed by atoms with Crippen molar-refractivity contribution in [1.82, 2.24) is 29.9 Å². The van der Waals surface area contributed by atoms with E-state index in [4.69, 9.17) is 0 Å². The zero-order chi connectivity index (χ0) is 34.8. The van der Waals surface area contributed by atoms with Gasteiger partial charge in [0, 0.05) is 36.8 Å². The number of hydrogen-bond donors (Lipinski definition) is 4. The van der Waals surface area contributed by atoms with Crippen LogP contribution >= 0.6 is 0 Å². The lowest BCUT2D eigenvalue weighted by atomic mass is 10.00. The van der Waals surface area contributed by atoms with Gasteiger partial charge in [-0.3, -0.25) is 9.59 Å². The van der Waals surface area contributed by atoms with Crippen LogP contribution in [0.5, 0.6) is 0 Å². The van der Waals surface area contributed by atoms with Crippen LogP contribution in [0.15, 0.2) is 114 Å². The minimum atomic E-state index is -3.95. The fourth-order valence-corrected chi connectivity index (χ4v) is 6.97. The molecule has 0 bridgehead atoms. The van der Waals surface area contributed by atoms with Crippen LogP contribution in [0.3, 0.4) is 0 Å². The summed E-state index contributed by atoms with van der Waals surface area (Å²) in [5.41, 5.74) is 2.24. The van der Waals surface area contributed by atoms with Crippen LogP contribution in [0.4, 0.5) is 0 Å². The molecule has 12 heteroatoms. The minimum Gasteiger partial charge on any atom is -0.390 e. The van der Waals surface area contributed by atoms with Crippen molar-refractivity contribution in [3.63, 3.8) is 0 Å². The van der Waals surface area contributed by atoms with Gasteiger partial charge in [-0.15, -0.1) is 0 Å². The Balaban J connectivity index is 1.41. The van der Waals surface area contributed by atoms with Crippen LogP contribution in [-0.4, -0.2) is 75.9 Å². The van der Waals surface area contributed by atoms with Gasteiger partial charge in [-0.25, -0.2) is 18.4 Å². The van der Waals surface area contributed by atoms with Crippen LogP contribution in [0, 0.1) is 5.92 Å². The van der Waals surface area contributed by atoms with E-state index in [9.17, 15) is 23.1 Å². The molecule has 256 valence electrons. The summed E-state index contributed by atoms with van der Waals surface area (Å²) in [6.07, 6.45) is 2.64. The zero-order valence-electron chi connectivity index (χ0n) is 27.6. The first-order valence-electron chi connectivity index (χ1n) is 16.3. The monoisotopic (exact) mass is 682 g/mol. The Hall–Kier alpha value is -4.91. The standard InChI is InChI=1S/C37H42N6O5S/c1-26(2)19-20-43(49(47,48)30-14-7-4-8-15-30)24-35(44)33(21-27-11-5-3-6-12-27)41-37(46)34(22-29-23-38-25-39-29)42-36(45)32-18-17-28-13-9-10-16-31(28)40-32/h3-18,23,25-26,33-35,44H,19-22,24H2,1-2H3,(H,38,39)(H,41,46)(H,42,45)/t33-,34?,35+/m0/s1. The number of imidazole rings is 1. The van der Waals surface area contributed by atoms with E-state index < -0.39 is 40.0 Å². The number of aliphatic hydroxyl groups excluding tert-OH is 1. The van der Waals surface area contributed by atoms with E-state index in [-0.39, 0.29) is 42.4 Å². The van der Waals surface area contributed by atoms with Gasteiger partial charge >= 0.3 is 0 Å². The van der Waals surface area contributed by atoms with Gasteiger partial charge in [-0.05, 0) is 48.6 Å². The van der Waals surface area contributed by atoms with Gasteiger partial charge in [0.1, 0.15) is 11.7 Å². The maximum Gasteiger partial charge on any atom is 0.270 e. The lowest BCUT2D eigenvalue weighted by Gasteiger charge is -2.31. The zero-order valence-corrected chi connectivity index (χ0v) is 28.4. The Morgan fingerprint density at radius 2 is 1.57 bits per heavy atom. The number of H-pyrrole nitrogens is 1. The molecule has 49 heavy (non-hydrogen) atoms. The van der Waals surface area contributed by atoms with Crippen LogP contribution in [0.2, 0.25) is 0 Å². The third kappa shape index (κ3) is 9.59. The second-order valence-corrected chi connectivity index (χ2v) is 14.4. The smallest absolute Gasteiger partial charge is 0.270 e. The lowest BCUT2D eigenvalue weighted by Crippen LogP contribution is -2.56. The molecule has 0 aliphatic carbocycles. The third-order valence-corrected chi connectivity index (χ3v) is 10.1. The number of nitrogens with zero attached hydrogens (tertiary/aromatic N) is 3. The molecule has 0 saturated carbocycles. The molecular weight excluding hydrogens is 641 g/mol. The Bertz CT molecular complexity index is 1920. The number of fused-ring (bicyclic) bond motifs is 1. The first kappa shape index (κ1) is 35.4. The minimum absolute atomic E-state index is 0.0855. The van der Waals surface area contributed by atoms with Gasteiger partial charge < -0.3 is 20.7 Å². The molecule has 0 saturated heterocycles. The third-order valence-electron chi connectivity index (χ3n) is 8.25. The topological polar surface area (TPSA) is 157 Å². The number of aliphatic hydroxyl groups is 1. The summed E-state index contributed by atoms with van der Waals surface area (Å²) in [5, 5.41) is 18.4. The SMILES string of the molecule is CC(C)CCN(C[C@@H](O)[C@H](Cc1ccccc1)NC(=O)C(Cc1cnc[nH]1)NC(=O)c1ccc2ccccc2n1)S(=O)(=O)c1ccccc1.